The lowest BCUT2D eigenvalue weighted by Crippen LogP contribution is -2.24. The van der Waals surface area contributed by atoms with Crippen LogP contribution in [-0.2, 0) is 7.05 Å². The highest BCUT2D eigenvalue weighted by Gasteiger charge is 1.95. The molecule has 0 spiro atoms. The highest BCUT2D eigenvalue weighted by Crippen LogP contribution is 2.04. The van der Waals surface area contributed by atoms with Gasteiger partial charge in [0.2, 0.25) is 0 Å². The summed E-state index contributed by atoms with van der Waals surface area (Å²) in [7, 11) is 1.93. The molecule has 0 aliphatic carbocycles. The first-order valence-corrected chi connectivity index (χ1v) is 4.97. The zero-order valence-electron chi connectivity index (χ0n) is 9.41. The van der Waals surface area contributed by atoms with Gasteiger partial charge in [0.15, 0.2) is 0 Å². The van der Waals surface area contributed by atoms with Crippen LogP contribution in [0, 0.1) is 0 Å². The largest absolute Gasteiger partial charge is 0.311 e. The van der Waals surface area contributed by atoms with Crippen LogP contribution in [0.1, 0.15) is 26.3 Å². The number of nitrogens with zero attached hydrogens (tertiary/aromatic N) is 2. The standard InChI is InChI=1S/C11H19N3/c1-9(2)12-6-10(3)5-11-7-13-14(4)8-11/h5,7-9,12H,6H2,1-4H3. The molecule has 1 heterocycles. The smallest absolute Gasteiger partial charge is 0.0562 e. The lowest BCUT2D eigenvalue weighted by atomic mass is 10.2. The van der Waals surface area contributed by atoms with Crippen LogP contribution >= 0.6 is 0 Å². The third-order valence-electron chi connectivity index (χ3n) is 1.93. The SMILES string of the molecule is CC(=Cc1cnn(C)c1)CNC(C)C. The molecule has 0 bridgehead atoms. The number of hydrogen-bond acceptors (Lipinski definition) is 2. The third-order valence-corrected chi connectivity index (χ3v) is 1.93. The van der Waals surface area contributed by atoms with Crippen LogP contribution in [-0.4, -0.2) is 22.4 Å². The number of hydrogen-bond donors (Lipinski definition) is 1. The molecule has 3 heteroatoms. The lowest BCUT2D eigenvalue weighted by molar-refractivity contribution is 0.623. The number of nitrogens with one attached hydrogen (secondary N) is 1. The van der Waals surface area contributed by atoms with Crippen molar-refractivity contribution in [2.75, 3.05) is 6.54 Å². The monoisotopic (exact) mass is 193 g/mol. The predicted molar refractivity (Wildman–Crippen MR) is 60.0 cm³/mol. The second-order valence-electron chi connectivity index (χ2n) is 3.97. The summed E-state index contributed by atoms with van der Waals surface area (Å²) in [5.41, 5.74) is 2.49. The predicted octanol–water partition coefficient (Wildman–Crippen LogP) is 1.82. The van der Waals surface area contributed by atoms with Crippen LogP contribution in [0.2, 0.25) is 0 Å². The first-order valence-electron chi connectivity index (χ1n) is 4.97. The van der Waals surface area contributed by atoms with Gasteiger partial charge in [-0.2, -0.15) is 5.10 Å². The molecule has 0 aliphatic rings. The molecule has 0 aromatic carbocycles. The van der Waals surface area contributed by atoms with E-state index in [0.717, 1.165) is 12.1 Å². The molecule has 1 N–H and O–H groups in total. The van der Waals surface area contributed by atoms with E-state index in [-0.39, 0.29) is 0 Å². The van der Waals surface area contributed by atoms with Crippen LogP contribution in [0.25, 0.3) is 6.08 Å². The van der Waals surface area contributed by atoms with E-state index in [1.54, 1.807) is 0 Å². The van der Waals surface area contributed by atoms with E-state index >= 15 is 0 Å². The zero-order valence-corrected chi connectivity index (χ0v) is 9.41. The summed E-state index contributed by atoms with van der Waals surface area (Å²) in [6.07, 6.45) is 6.04. The fourth-order valence-electron chi connectivity index (χ4n) is 1.22. The van der Waals surface area contributed by atoms with Gasteiger partial charge in [0.25, 0.3) is 0 Å². The average Bonchev–Trinajstić information content (AvgIpc) is 2.48. The third kappa shape index (κ3) is 3.75. The molecule has 14 heavy (non-hydrogen) atoms. The second-order valence-corrected chi connectivity index (χ2v) is 3.97. The van der Waals surface area contributed by atoms with Gasteiger partial charge in [-0.05, 0) is 6.92 Å². The Balaban J connectivity index is 2.51. The van der Waals surface area contributed by atoms with Gasteiger partial charge < -0.3 is 5.32 Å². The summed E-state index contributed by atoms with van der Waals surface area (Å²) < 4.78 is 1.81. The van der Waals surface area contributed by atoms with Gasteiger partial charge in [0, 0.05) is 31.4 Å². The van der Waals surface area contributed by atoms with Crippen molar-refractivity contribution in [1.29, 1.82) is 0 Å². The van der Waals surface area contributed by atoms with E-state index in [1.807, 2.05) is 24.1 Å². The Labute approximate surface area is 85.8 Å². The van der Waals surface area contributed by atoms with Crippen molar-refractivity contribution in [2.24, 2.45) is 7.05 Å². The molecule has 0 amide bonds. The van der Waals surface area contributed by atoms with Gasteiger partial charge >= 0.3 is 0 Å². The van der Waals surface area contributed by atoms with E-state index in [1.165, 1.54) is 5.57 Å². The minimum Gasteiger partial charge on any atom is -0.311 e. The van der Waals surface area contributed by atoms with Crippen molar-refractivity contribution in [3.05, 3.63) is 23.5 Å². The van der Waals surface area contributed by atoms with E-state index < -0.39 is 0 Å². The second kappa shape index (κ2) is 4.96. The Kier molecular flexibility index (Phi) is 3.89. The topological polar surface area (TPSA) is 29.9 Å². The number of aryl methyl sites for hydroxylation is 1. The Hall–Kier alpha value is -1.09. The fraction of sp³-hybridized carbons (Fsp3) is 0.545. The molecule has 0 atom stereocenters. The number of aromatic nitrogens is 2. The van der Waals surface area contributed by atoms with Crippen molar-refractivity contribution in [1.82, 2.24) is 15.1 Å². The fourth-order valence-corrected chi connectivity index (χ4v) is 1.22. The van der Waals surface area contributed by atoms with Crippen LogP contribution < -0.4 is 5.32 Å². The normalized spacial score (nSPS) is 12.5. The summed E-state index contributed by atoms with van der Waals surface area (Å²) in [6.45, 7) is 7.36. The summed E-state index contributed by atoms with van der Waals surface area (Å²) in [5.74, 6) is 0. The van der Waals surface area contributed by atoms with E-state index in [9.17, 15) is 0 Å². The zero-order chi connectivity index (χ0) is 10.6. The van der Waals surface area contributed by atoms with Crippen molar-refractivity contribution < 1.29 is 0 Å². The molecular weight excluding hydrogens is 174 g/mol. The molecule has 1 rings (SSSR count). The first kappa shape index (κ1) is 11.0. The van der Waals surface area contributed by atoms with E-state index in [2.05, 4.69) is 37.3 Å². The molecule has 0 saturated heterocycles. The van der Waals surface area contributed by atoms with Crippen molar-refractivity contribution in [3.8, 4) is 0 Å². The molecule has 0 saturated carbocycles. The highest BCUT2D eigenvalue weighted by atomic mass is 15.2. The Morgan fingerprint density at radius 2 is 2.36 bits per heavy atom. The Morgan fingerprint density at radius 3 is 2.86 bits per heavy atom. The molecule has 0 unspecified atom stereocenters. The van der Waals surface area contributed by atoms with Crippen molar-refractivity contribution >= 4 is 6.08 Å². The minimum absolute atomic E-state index is 0.534. The van der Waals surface area contributed by atoms with E-state index in [0.29, 0.717) is 6.04 Å². The average molecular weight is 193 g/mol. The molecular formula is C11H19N3. The molecule has 78 valence electrons. The lowest BCUT2D eigenvalue weighted by Gasteiger charge is -2.07. The summed E-state index contributed by atoms with van der Waals surface area (Å²) in [5, 5.41) is 7.49. The first-order chi connectivity index (χ1) is 6.58. The quantitative estimate of drug-likeness (QED) is 0.790. The maximum Gasteiger partial charge on any atom is 0.0562 e. The Bertz CT molecular complexity index is 310. The van der Waals surface area contributed by atoms with Crippen LogP contribution in [0.15, 0.2) is 18.0 Å². The maximum absolute atomic E-state index is 4.12. The molecule has 3 nitrogen and oxygen atoms in total. The van der Waals surface area contributed by atoms with Gasteiger partial charge in [-0.15, -0.1) is 0 Å². The molecule has 0 fully saturated rings. The molecule has 0 aliphatic heterocycles. The van der Waals surface area contributed by atoms with E-state index in [4.69, 9.17) is 0 Å². The minimum atomic E-state index is 0.534. The maximum atomic E-state index is 4.12. The van der Waals surface area contributed by atoms with Crippen molar-refractivity contribution in [3.63, 3.8) is 0 Å². The van der Waals surface area contributed by atoms with Gasteiger partial charge in [-0.1, -0.05) is 25.5 Å². The summed E-state index contributed by atoms with van der Waals surface area (Å²) in [4.78, 5) is 0. The van der Waals surface area contributed by atoms with Crippen molar-refractivity contribution in [2.45, 2.75) is 26.8 Å². The van der Waals surface area contributed by atoms with Gasteiger partial charge in [-0.25, -0.2) is 0 Å². The molecule has 1 aromatic rings. The highest BCUT2D eigenvalue weighted by molar-refractivity contribution is 5.50. The van der Waals surface area contributed by atoms with Crippen LogP contribution in [0.5, 0.6) is 0 Å². The van der Waals surface area contributed by atoms with Crippen LogP contribution in [0.4, 0.5) is 0 Å². The van der Waals surface area contributed by atoms with Gasteiger partial charge in [0.05, 0.1) is 6.20 Å². The van der Waals surface area contributed by atoms with Crippen LogP contribution in [0.3, 0.4) is 0 Å². The molecule has 0 radical (unpaired) electrons. The van der Waals surface area contributed by atoms with Gasteiger partial charge in [-0.3, -0.25) is 4.68 Å². The summed E-state index contributed by atoms with van der Waals surface area (Å²) in [6, 6.07) is 0.534. The number of rotatable bonds is 4. The summed E-state index contributed by atoms with van der Waals surface area (Å²) >= 11 is 0. The molecule has 1 aromatic heterocycles. The Morgan fingerprint density at radius 1 is 1.64 bits per heavy atom. The van der Waals surface area contributed by atoms with Gasteiger partial charge in [0.1, 0.15) is 0 Å².